The number of carbonyl (C=O) groups is 2. The number of carbonyl (C=O) groups excluding carboxylic acids is 2. The number of ether oxygens (including phenoxy) is 1. The van der Waals surface area contributed by atoms with E-state index in [1.807, 2.05) is 20.8 Å². The van der Waals surface area contributed by atoms with Crippen LogP contribution in [0.5, 0.6) is 0 Å². The van der Waals surface area contributed by atoms with Gasteiger partial charge in [0.05, 0.1) is 6.54 Å². The van der Waals surface area contributed by atoms with Crippen LogP contribution in [0.1, 0.15) is 34.1 Å². The third-order valence-electron chi connectivity index (χ3n) is 1.62. The highest BCUT2D eigenvalue weighted by molar-refractivity contribution is 5.81. The van der Waals surface area contributed by atoms with E-state index in [0.29, 0.717) is 13.0 Å². The zero-order valence-corrected chi connectivity index (χ0v) is 9.35. The Bertz CT molecular complexity index is 206. The zero-order chi connectivity index (χ0) is 11.2. The monoisotopic (exact) mass is 201 g/mol. The van der Waals surface area contributed by atoms with E-state index in [2.05, 4.69) is 5.32 Å². The molecule has 0 unspecified atom stereocenters. The fourth-order valence-electron chi connectivity index (χ4n) is 0.697. The standard InChI is InChI=1S/C10H19NO3/c1-5-8(12)14-7-6-11-9(13)10(2,3)4/h5-7H2,1-4H3,(H,11,13). The van der Waals surface area contributed by atoms with Crippen LogP contribution in [0.25, 0.3) is 0 Å². The van der Waals surface area contributed by atoms with Crippen molar-refractivity contribution < 1.29 is 14.3 Å². The molecule has 4 nitrogen and oxygen atoms in total. The molecule has 0 aromatic heterocycles. The van der Waals surface area contributed by atoms with Gasteiger partial charge < -0.3 is 10.1 Å². The van der Waals surface area contributed by atoms with Gasteiger partial charge in [0.25, 0.3) is 0 Å². The summed E-state index contributed by atoms with van der Waals surface area (Å²) in [5, 5.41) is 2.69. The van der Waals surface area contributed by atoms with E-state index < -0.39 is 5.41 Å². The summed E-state index contributed by atoms with van der Waals surface area (Å²) in [6.07, 6.45) is 0.368. The Morgan fingerprint density at radius 3 is 2.29 bits per heavy atom. The molecule has 0 bridgehead atoms. The second-order valence-electron chi connectivity index (χ2n) is 4.08. The Morgan fingerprint density at radius 2 is 1.86 bits per heavy atom. The fourth-order valence-corrected chi connectivity index (χ4v) is 0.697. The largest absolute Gasteiger partial charge is 0.464 e. The van der Waals surface area contributed by atoms with Crippen molar-refractivity contribution in [2.75, 3.05) is 13.2 Å². The van der Waals surface area contributed by atoms with Crippen molar-refractivity contribution in [1.29, 1.82) is 0 Å². The molecule has 0 aromatic carbocycles. The summed E-state index contributed by atoms with van der Waals surface area (Å²) >= 11 is 0. The van der Waals surface area contributed by atoms with E-state index >= 15 is 0 Å². The van der Waals surface area contributed by atoms with Gasteiger partial charge in [0, 0.05) is 11.8 Å². The molecule has 0 radical (unpaired) electrons. The molecule has 0 rings (SSSR count). The first-order valence-corrected chi connectivity index (χ1v) is 4.82. The molecule has 0 aliphatic carbocycles. The van der Waals surface area contributed by atoms with Gasteiger partial charge in [-0.15, -0.1) is 0 Å². The molecule has 0 saturated heterocycles. The molecule has 0 heterocycles. The summed E-state index contributed by atoms with van der Waals surface area (Å²) in [6.45, 7) is 7.85. The van der Waals surface area contributed by atoms with Crippen molar-refractivity contribution in [3.05, 3.63) is 0 Å². The van der Waals surface area contributed by atoms with E-state index in [4.69, 9.17) is 4.74 Å². The number of amides is 1. The molecule has 0 spiro atoms. The number of esters is 1. The fraction of sp³-hybridized carbons (Fsp3) is 0.800. The molecule has 0 saturated carbocycles. The first-order chi connectivity index (χ1) is 6.38. The van der Waals surface area contributed by atoms with Crippen LogP contribution >= 0.6 is 0 Å². The maximum absolute atomic E-state index is 11.3. The average molecular weight is 201 g/mol. The lowest BCUT2D eigenvalue weighted by atomic mass is 9.96. The predicted octanol–water partition coefficient (Wildman–Crippen LogP) is 1.10. The number of hydrogen-bond acceptors (Lipinski definition) is 3. The number of rotatable bonds is 4. The maximum Gasteiger partial charge on any atom is 0.305 e. The highest BCUT2D eigenvalue weighted by Gasteiger charge is 2.20. The number of hydrogen-bond donors (Lipinski definition) is 1. The quantitative estimate of drug-likeness (QED) is 0.547. The molecule has 1 amide bonds. The minimum Gasteiger partial charge on any atom is -0.464 e. The Hall–Kier alpha value is -1.06. The van der Waals surface area contributed by atoms with Crippen LogP contribution in [0.15, 0.2) is 0 Å². The van der Waals surface area contributed by atoms with Crippen LogP contribution in [-0.4, -0.2) is 25.0 Å². The zero-order valence-electron chi connectivity index (χ0n) is 9.35. The first kappa shape index (κ1) is 12.9. The first-order valence-electron chi connectivity index (χ1n) is 4.82. The van der Waals surface area contributed by atoms with Crippen LogP contribution < -0.4 is 5.32 Å². The molecule has 0 aromatic rings. The average Bonchev–Trinajstić information content (AvgIpc) is 2.09. The number of nitrogens with one attached hydrogen (secondary N) is 1. The van der Waals surface area contributed by atoms with E-state index in [-0.39, 0.29) is 18.5 Å². The second-order valence-corrected chi connectivity index (χ2v) is 4.08. The minimum atomic E-state index is -0.394. The van der Waals surface area contributed by atoms with Crippen molar-refractivity contribution in [2.24, 2.45) is 5.41 Å². The summed E-state index contributed by atoms with van der Waals surface area (Å²) in [4.78, 5) is 22.0. The van der Waals surface area contributed by atoms with Gasteiger partial charge in [-0.2, -0.15) is 0 Å². The molecule has 4 heteroatoms. The molecule has 1 N–H and O–H groups in total. The van der Waals surface area contributed by atoms with E-state index in [1.165, 1.54) is 0 Å². The summed E-state index contributed by atoms with van der Waals surface area (Å²) in [6, 6.07) is 0. The van der Waals surface area contributed by atoms with Crippen LogP contribution in [0, 0.1) is 5.41 Å². The molecular weight excluding hydrogens is 182 g/mol. The van der Waals surface area contributed by atoms with Crippen molar-refractivity contribution in [2.45, 2.75) is 34.1 Å². The van der Waals surface area contributed by atoms with E-state index in [0.717, 1.165) is 0 Å². The molecule has 0 atom stereocenters. The van der Waals surface area contributed by atoms with Gasteiger partial charge in [0.1, 0.15) is 6.61 Å². The van der Waals surface area contributed by atoms with Crippen LogP contribution in [0.3, 0.4) is 0 Å². The van der Waals surface area contributed by atoms with Gasteiger partial charge in [-0.25, -0.2) is 0 Å². The van der Waals surface area contributed by atoms with Crippen LogP contribution in [0.2, 0.25) is 0 Å². The van der Waals surface area contributed by atoms with Crippen molar-refractivity contribution in [3.63, 3.8) is 0 Å². The third-order valence-corrected chi connectivity index (χ3v) is 1.62. The van der Waals surface area contributed by atoms with Crippen LogP contribution in [-0.2, 0) is 14.3 Å². The van der Waals surface area contributed by atoms with Gasteiger partial charge in [0.2, 0.25) is 5.91 Å². The lowest BCUT2D eigenvalue weighted by Crippen LogP contribution is -2.36. The summed E-state index contributed by atoms with van der Waals surface area (Å²) in [5.74, 6) is -0.278. The van der Waals surface area contributed by atoms with Crippen molar-refractivity contribution in [3.8, 4) is 0 Å². The molecular formula is C10H19NO3. The summed E-state index contributed by atoms with van der Waals surface area (Å²) in [5.41, 5.74) is -0.394. The van der Waals surface area contributed by atoms with Gasteiger partial charge in [0.15, 0.2) is 0 Å². The Labute approximate surface area is 85.0 Å². The van der Waals surface area contributed by atoms with Gasteiger partial charge in [-0.05, 0) is 0 Å². The topological polar surface area (TPSA) is 55.4 Å². The minimum absolute atomic E-state index is 0.0370. The highest BCUT2D eigenvalue weighted by Crippen LogP contribution is 2.11. The van der Waals surface area contributed by atoms with Gasteiger partial charge in [-0.3, -0.25) is 9.59 Å². The van der Waals surface area contributed by atoms with Gasteiger partial charge >= 0.3 is 5.97 Å². The van der Waals surface area contributed by atoms with Crippen molar-refractivity contribution >= 4 is 11.9 Å². The molecule has 0 aliphatic heterocycles. The maximum atomic E-state index is 11.3. The predicted molar refractivity (Wildman–Crippen MR) is 53.7 cm³/mol. The lowest BCUT2D eigenvalue weighted by Gasteiger charge is -2.17. The second kappa shape index (κ2) is 5.62. The molecule has 82 valence electrons. The molecule has 14 heavy (non-hydrogen) atoms. The Balaban J connectivity index is 3.56. The van der Waals surface area contributed by atoms with Gasteiger partial charge in [-0.1, -0.05) is 27.7 Å². The van der Waals surface area contributed by atoms with E-state index in [9.17, 15) is 9.59 Å². The molecule has 0 aliphatic rings. The SMILES string of the molecule is CCC(=O)OCCNC(=O)C(C)(C)C. The summed E-state index contributed by atoms with van der Waals surface area (Å²) < 4.78 is 4.80. The normalized spacial score (nSPS) is 10.9. The Kier molecular flexibility index (Phi) is 5.20. The third kappa shape index (κ3) is 5.56. The summed E-state index contributed by atoms with van der Waals surface area (Å²) in [7, 11) is 0. The van der Waals surface area contributed by atoms with Crippen molar-refractivity contribution in [1.82, 2.24) is 5.32 Å². The Morgan fingerprint density at radius 1 is 1.29 bits per heavy atom. The smallest absolute Gasteiger partial charge is 0.305 e. The highest BCUT2D eigenvalue weighted by atomic mass is 16.5. The van der Waals surface area contributed by atoms with Crippen LogP contribution in [0.4, 0.5) is 0 Å². The lowest BCUT2D eigenvalue weighted by molar-refractivity contribution is -0.143. The molecule has 0 fully saturated rings. The van der Waals surface area contributed by atoms with E-state index in [1.54, 1.807) is 6.92 Å².